The monoisotopic (exact) mass is 408 g/mol. The third-order valence-electron chi connectivity index (χ3n) is 5.98. The third-order valence-corrected chi connectivity index (χ3v) is 14.0. The lowest BCUT2D eigenvalue weighted by Gasteiger charge is -2.23. The van der Waals surface area contributed by atoms with E-state index in [0.717, 1.165) is 22.2 Å². The molecule has 0 saturated heterocycles. The zero-order chi connectivity index (χ0) is 20.8. The van der Waals surface area contributed by atoms with Crippen molar-refractivity contribution in [1.82, 2.24) is 0 Å². The number of hydrogen-bond acceptors (Lipinski definition) is 0. The zero-order valence-corrected chi connectivity index (χ0v) is 21.5. The van der Waals surface area contributed by atoms with Crippen molar-refractivity contribution < 1.29 is 0 Å². The Labute approximate surface area is 177 Å². The average Bonchev–Trinajstić information content (AvgIpc) is 2.61. The van der Waals surface area contributed by atoms with E-state index < -0.39 is 17.6 Å². The lowest BCUT2D eigenvalue weighted by molar-refractivity contribution is 0.951. The Kier molecular flexibility index (Phi) is 8.51. The summed E-state index contributed by atoms with van der Waals surface area (Å²) in [7, 11) is -1.78. The van der Waals surface area contributed by atoms with Crippen LogP contribution in [0.1, 0.15) is 66.5 Å². The Hall–Kier alpha value is -1.39. The van der Waals surface area contributed by atoms with Crippen LogP contribution in [-0.2, 0) is 0 Å². The molecule has 0 spiro atoms. The van der Waals surface area contributed by atoms with Crippen LogP contribution in [0.3, 0.4) is 0 Å². The summed E-state index contributed by atoms with van der Waals surface area (Å²) < 4.78 is 0. The number of hydrogen-bond donors (Lipinski definition) is 0. The van der Waals surface area contributed by atoms with Crippen molar-refractivity contribution in [3.05, 3.63) is 59.7 Å². The fraction of sp³-hybridized carbons (Fsp3) is 0.462. The maximum absolute atomic E-state index is 2.39. The second-order valence-electron chi connectivity index (χ2n) is 9.69. The Morgan fingerprint density at radius 2 is 0.714 bits per heavy atom. The molecule has 2 aromatic rings. The van der Waals surface area contributed by atoms with Crippen molar-refractivity contribution in [2.24, 2.45) is 0 Å². The highest BCUT2D eigenvalue weighted by Crippen LogP contribution is 2.21. The van der Waals surface area contributed by atoms with Gasteiger partial charge >= 0.3 is 0 Å². The molecule has 0 unspecified atom stereocenters. The molecule has 28 heavy (non-hydrogen) atoms. The summed E-state index contributed by atoms with van der Waals surface area (Å²) in [5, 5.41) is 3.20. The molecule has 0 fully saturated rings. The predicted octanol–water partition coefficient (Wildman–Crippen LogP) is 6.37. The summed E-state index contributed by atoms with van der Waals surface area (Å²) in [6.45, 7) is 19.1. The Balaban J connectivity index is 2.11. The van der Waals surface area contributed by atoms with Gasteiger partial charge in [-0.1, -0.05) is 126 Å². The third kappa shape index (κ3) is 6.05. The molecule has 0 N–H and O–H groups in total. The van der Waals surface area contributed by atoms with Gasteiger partial charge in [-0.2, -0.15) is 0 Å². The van der Waals surface area contributed by atoms with E-state index in [2.05, 4.69) is 116 Å². The zero-order valence-electron chi connectivity index (χ0n) is 19.2. The molecule has 0 atom stereocenters. The Morgan fingerprint density at radius 1 is 0.464 bits per heavy atom. The first-order valence-corrected chi connectivity index (χ1v) is 14.9. The van der Waals surface area contributed by atoms with Crippen molar-refractivity contribution in [1.29, 1.82) is 0 Å². The van der Waals surface area contributed by atoms with E-state index in [-0.39, 0.29) is 0 Å². The van der Waals surface area contributed by atoms with Gasteiger partial charge in [-0.15, -0.1) is 0 Å². The van der Waals surface area contributed by atoms with Crippen LogP contribution >= 0.6 is 0 Å². The molecule has 0 nitrogen and oxygen atoms in total. The smallest absolute Gasteiger partial charge is 0.0651 e. The molecule has 0 radical (unpaired) electrons. The maximum atomic E-state index is 2.39. The summed E-state index contributed by atoms with van der Waals surface area (Å²) in [6.07, 6.45) is 4.50. The first-order valence-electron chi connectivity index (χ1n) is 11.1. The fourth-order valence-corrected chi connectivity index (χ4v) is 12.4. The van der Waals surface area contributed by atoms with Crippen LogP contribution in [0.15, 0.2) is 48.5 Å². The Bertz CT molecular complexity index is 656. The van der Waals surface area contributed by atoms with Gasteiger partial charge in [0.1, 0.15) is 0 Å². The van der Waals surface area contributed by atoms with Gasteiger partial charge in [-0.3, -0.25) is 0 Å². The first-order chi connectivity index (χ1) is 13.2. The molecule has 0 amide bonds. The molecular formula is C26H40Si2. The van der Waals surface area contributed by atoms with Gasteiger partial charge in [0.25, 0.3) is 0 Å². The van der Waals surface area contributed by atoms with Crippen molar-refractivity contribution in [2.75, 3.05) is 0 Å². The molecule has 0 saturated carbocycles. The largest absolute Gasteiger partial charge is 0.0758 e. The van der Waals surface area contributed by atoms with Gasteiger partial charge in [0.15, 0.2) is 0 Å². The van der Waals surface area contributed by atoms with Crippen LogP contribution in [0.4, 0.5) is 0 Å². The van der Waals surface area contributed by atoms with E-state index in [1.807, 2.05) is 0 Å². The van der Waals surface area contributed by atoms with E-state index in [0.29, 0.717) is 0 Å². The molecule has 2 heteroatoms. The molecule has 2 aromatic carbocycles. The van der Waals surface area contributed by atoms with Crippen molar-refractivity contribution in [3.8, 4) is 0 Å². The lowest BCUT2D eigenvalue weighted by Crippen LogP contribution is -2.35. The van der Waals surface area contributed by atoms with Gasteiger partial charge in [0.05, 0.1) is 17.6 Å². The van der Waals surface area contributed by atoms with Crippen LogP contribution < -0.4 is 10.4 Å². The van der Waals surface area contributed by atoms with Gasteiger partial charge in [0, 0.05) is 0 Å². The molecule has 0 heterocycles. The van der Waals surface area contributed by atoms with Crippen molar-refractivity contribution in [3.63, 3.8) is 0 Å². The summed E-state index contributed by atoms with van der Waals surface area (Å²) in [5.41, 5.74) is 5.83. The first kappa shape index (κ1) is 22.9. The quantitative estimate of drug-likeness (QED) is 0.352. The highest BCUT2D eigenvalue weighted by atomic mass is 28.3. The van der Waals surface area contributed by atoms with E-state index in [9.17, 15) is 0 Å². The number of rotatable bonds is 8. The highest BCUT2D eigenvalue weighted by molar-refractivity contribution is 6.76. The topological polar surface area (TPSA) is 0 Å². The molecule has 0 aliphatic carbocycles. The summed E-state index contributed by atoms with van der Waals surface area (Å²) in [5.74, 6) is 0. The van der Waals surface area contributed by atoms with Crippen LogP contribution in [0.5, 0.6) is 0 Å². The van der Waals surface area contributed by atoms with Crippen LogP contribution in [0, 0.1) is 0 Å². The van der Waals surface area contributed by atoms with Gasteiger partial charge in [-0.25, -0.2) is 0 Å². The molecule has 0 aliphatic rings. The fourth-order valence-electron chi connectivity index (χ4n) is 4.93. The molecular weight excluding hydrogens is 368 g/mol. The van der Waals surface area contributed by atoms with Crippen LogP contribution in [0.25, 0.3) is 12.2 Å². The second-order valence-corrected chi connectivity index (χ2v) is 18.5. The summed E-state index contributed by atoms with van der Waals surface area (Å²) in [6, 6.07) is 18.7. The van der Waals surface area contributed by atoms with Crippen molar-refractivity contribution >= 4 is 40.1 Å². The second kappa shape index (κ2) is 10.4. The highest BCUT2D eigenvalue weighted by Gasteiger charge is 2.22. The molecule has 0 aliphatic heterocycles. The lowest BCUT2D eigenvalue weighted by atomic mass is 10.1. The SMILES string of the molecule is CC(C)[SiH](c1ccc(C=Cc2ccc([SiH](C(C)C)C(C)C)cc2)cc1)C(C)C. The van der Waals surface area contributed by atoms with Gasteiger partial charge in [0.2, 0.25) is 0 Å². The summed E-state index contributed by atoms with van der Waals surface area (Å²) >= 11 is 0. The molecule has 2 rings (SSSR count). The van der Waals surface area contributed by atoms with Gasteiger partial charge in [-0.05, 0) is 33.3 Å². The van der Waals surface area contributed by atoms with Crippen LogP contribution in [0.2, 0.25) is 22.2 Å². The minimum atomic E-state index is -0.892. The molecule has 0 aromatic heterocycles. The van der Waals surface area contributed by atoms with Crippen molar-refractivity contribution in [2.45, 2.75) is 77.6 Å². The van der Waals surface area contributed by atoms with Gasteiger partial charge < -0.3 is 0 Å². The average molecular weight is 409 g/mol. The standard InChI is InChI=1S/C26H40Si2/c1-19(2)27(20(3)4)25-15-11-23(12-16-25)9-10-24-13-17-26(18-14-24)28(21(5)6)22(7)8/h9-22,27-28H,1-8H3. The minimum absolute atomic E-state index is 0.809. The Morgan fingerprint density at radius 3 is 0.929 bits per heavy atom. The van der Waals surface area contributed by atoms with E-state index in [4.69, 9.17) is 0 Å². The summed E-state index contributed by atoms with van der Waals surface area (Å²) in [4.78, 5) is 0. The van der Waals surface area contributed by atoms with E-state index in [1.165, 1.54) is 11.1 Å². The van der Waals surface area contributed by atoms with E-state index >= 15 is 0 Å². The maximum Gasteiger partial charge on any atom is 0.0758 e. The molecule has 0 bridgehead atoms. The number of benzene rings is 2. The molecule has 152 valence electrons. The predicted molar refractivity (Wildman–Crippen MR) is 136 cm³/mol. The van der Waals surface area contributed by atoms with E-state index in [1.54, 1.807) is 10.4 Å². The van der Waals surface area contributed by atoms with Crippen LogP contribution in [-0.4, -0.2) is 17.6 Å². The minimum Gasteiger partial charge on any atom is -0.0651 e. The normalized spacial score (nSPS) is 12.6.